The van der Waals surface area contributed by atoms with Gasteiger partial charge in [0.1, 0.15) is 0 Å². The molecule has 0 aliphatic carbocycles. The van der Waals surface area contributed by atoms with Crippen LogP contribution in [0.4, 0.5) is 0 Å². The Hall–Kier alpha value is 0.390. The standard InChI is InChI=1S/B6H8/c1-5(2)6(3)4/h1-4H2. The molecule has 6 heavy (non-hydrogen) atoms. The van der Waals surface area contributed by atoms with Crippen LogP contribution in [-0.4, -0.2) is 43.7 Å². The molecule has 0 saturated carbocycles. The predicted molar refractivity (Wildman–Crippen MR) is 45.7 cm³/mol. The van der Waals surface area contributed by atoms with E-state index in [1.165, 1.54) is 0 Å². The zero-order valence-electron chi connectivity index (χ0n) is 5.15. The Bertz CT molecular complexity index is 21.0. The maximum atomic E-state index is 2.24. The largest absolute Gasteiger partial charge is 0.0553 e. The van der Waals surface area contributed by atoms with E-state index in [-0.39, 0.29) is 0 Å². The minimum atomic E-state index is 0.852. The molecule has 0 fully saturated rings. The molecule has 0 atom stereocenters. The van der Waals surface area contributed by atoms with Crippen molar-refractivity contribution >= 4 is 43.7 Å². The molecule has 0 heterocycles. The first-order chi connectivity index (χ1) is 2.64. The minimum absolute atomic E-state index is 0.852. The Morgan fingerprint density at radius 3 is 0.833 bits per heavy atom. The molecule has 26 valence electrons. The summed E-state index contributed by atoms with van der Waals surface area (Å²) in [6.07, 6.45) is 1.70. The molecule has 0 radical (unpaired) electrons. The van der Waals surface area contributed by atoms with Crippen molar-refractivity contribution in [3.63, 3.8) is 0 Å². The van der Waals surface area contributed by atoms with E-state index in [0.717, 1.165) is 12.8 Å². The summed E-state index contributed by atoms with van der Waals surface area (Å²) in [6, 6.07) is 0. The Balaban J connectivity index is 2.99. The van der Waals surface area contributed by atoms with Gasteiger partial charge in [-0.1, -0.05) is 0 Å². The monoisotopic (exact) mass is 74.1 g/mol. The molecule has 0 aliphatic rings. The average Bonchev–Trinajstić information content (AvgIpc) is 1.36. The highest BCUT2D eigenvalue weighted by Gasteiger charge is 2.04. The molecule has 0 amide bonds. The third-order valence-corrected chi connectivity index (χ3v) is 1.33. The fourth-order valence-electron chi connectivity index (χ4n) is 0. The van der Waals surface area contributed by atoms with Crippen molar-refractivity contribution < 1.29 is 0 Å². The van der Waals surface area contributed by atoms with E-state index >= 15 is 0 Å². The first-order valence-electron chi connectivity index (χ1n) is 2.64. The van der Waals surface area contributed by atoms with Crippen LogP contribution in [0.2, 0.25) is 0 Å². The van der Waals surface area contributed by atoms with Gasteiger partial charge < -0.3 is 0 Å². The van der Waals surface area contributed by atoms with Crippen molar-refractivity contribution in [2.24, 2.45) is 0 Å². The van der Waals surface area contributed by atoms with Crippen molar-refractivity contribution in [3.05, 3.63) is 0 Å². The molecule has 0 N–H and O–H groups in total. The van der Waals surface area contributed by atoms with E-state index in [2.05, 4.69) is 30.9 Å². The summed E-state index contributed by atoms with van der Waals surface area (Å²) >= 11 is 0. The van der Waals surface area contributed by atoms with Crippen LogP contribution in [-0.2, 0) is 0 Å². The van der Waals surface area contributed by atoms with Gasteiger partial charge in [-0.15, -0.1) is 0 Å². The summed E-state index contributed by atoms with van der Waals surface area (Å²) in [5, 5.41) is 0. The number of rotatable bonds is 1. The molecule has 0 aliphatic heterocycles. The zero-order chi connectivity index (χ0) is 5.15. The van der Waals surface area contributed by atoms with Crippen LogP contribution in [0.3, 0.4) is 0 Å². The highest BCUT2D eigenvalue weighted by atomic mass is 12.8. The zero-order valence-corrected chi connectivity index (χ0v) is 5.15. The molecule has 0 bridgehead atoms. The lowest BCUT2D eigenvalue weighted by molar-refractivity contribution is 3.76. The number of hydrogen-bond donors (Lipinski definition) is 0. The van der Waals surface area contributed by atoms with Crippen LogP contribution < -0.4 is 0 Å². The fourth-order valence-corrected chi connectivity index (χ4v) is 0. The van der Waals surface area contributed by atoms with Gasteiger partial charge in [0.25, 0.3) is 0 Å². The molecule has 0 rings (SSSR count). The first-order valence-corrected chi connectivity index (χ1v) is 2.64. The first kappa shape index (κ1) is 6.39. The summed E-state index contributed by atoms with van der Waals surface area (Å²) in [5.41, 5.74) is 0. The van der Waals surface area contributed by atoms with Gasteiger partial charge in [-0.05, 0) is 0 Å². The van der Waals surface area contributed by atoms with E-state index < -0.39 is 0 Å². The van der Waals surface area contributed by atoms with Crippen LogP contribution in [0.15, 0.2) is 0 Å². The van der Waals surface area contributed by atoms with Crippen LogP contribution >= 0.6 is 0 Å². The lowest BCUT2D eigenvalue weighted by Gasteiger charge is -1.97. The molecule has 0 unspecified atom stereocenters. The van der Waals surface area contributed by atoms with E-state index in [4.69, 9.17) is 0 Å². The lowest BCUT2D eigenvalue weighted by Crippen LogP contribution is -2.38. The molecule has 0 saturated heterocycles. The molecule has 0 aromatic carbocycles. The third-order valence-electron chi connectivity index (χ3n) is 1.33. The second kappa shape index (κ2) is 2.54. The van der Waals surface area contributed by atoms with Gasteiger partial charge in [-0.3, -0.25) is 0 Å². The van der Waals surface area contributed by atoms with E-state index in [1.54, 1.807) is 0 Å². The highest BCUT2D eigenvalue weighted by Crippen LogP contribution is 1.62. The SMILES string of the molecule is BB(B)B(B)B. The van der Waals surface area contributed by atoms with Crippen LogP contribution in [0, 0.1) is 0 Å². The molecular weight excluding hydrogens is 64.9 g/mol. The maximum absolute atomic E-state index is 2.24. The minimum Gasteiger partial charge on any atom is 0.0214 e. The molecule has 0 aromatic rings. The van der Waals surface area contributed by atoms with Crippen molar-refractivity contribution in [2.75, 3.05) is 0 Å². The average molecular weight is 72.9 g/mol. The Kier molecular flexibility index (Phi) is 2.71. The normalized spacial score (nSPS) is 7.33. The van der Waals surface area contributed by atoms with Crippen molar-refractivity contribution in [3.8, 4) is 0 Å². The molecular formula is H8B6. The molecule has 0 aromatic heterocycles. The second-order valence-corrected chi connectivity index (χ2v) is 2.49. The lowest BCUT2D eigenvalue weighted by atomic mass is 8.81. The smallest absolute Gasteiger partial charge is 0.0214 e. The van der Waals surface area contributed by atoms with Crippen LogP contribution in [0.25, 0.3) is 0 Å². The van der Waals surface area contributed by atoms with Gasteiger partial charge in [0.15, 0.2) is 0 Å². The van der Waals surface area contributed by atoms with Gasteiger partial charge in [0, 0.05) is 12.8 Å². The van der Waals surface area contributed by atoms with Crippen LogP contribution in [0.1, 0.15) is 0 Å². The van der Waals surface area contributed by atoms with Crippen molar-refractivity contribution in [1.29, 1.82) is 0 Å². The van der Waals surface area contributed by atoms with E-state index in [1.807, 2.05) is 0 Å². The Morgan fingerprint density at radius 1 is 0.667 bits per heavy atom. The van der Waals surface area contributed by atoms with Gasteiger partial charge in [-0.25, -0.2) is 0 Å². The van der Waals surface area contributed by atoms with Crippen molar-refractivity contribution in [2.45, 2.75) is 0 Å². The van der Waals surface area contributed by atoms with Gasteiger partial charge in [0.05, 0.1) is 30.9 Å². The third kappa shape index (κ3) is 2.62. The van der Waals surface area contributed by atoms with E-state index in [0.29, 0.717) is 0 Å². The summed E-state index contributed by atoms with van der Waals surface area (Å²) in [6.45, 7) is 0. The molecule has 0 spiro atoms. The Morgan fingerprint density at radius 2 is 0.833 bits per heavy atom. The fraction of sp³-hybridized carbons (Fsp3) is 0. The highest BCUT2D eigenvalue weighted by molar-refractivity contribution is 7.76. The summed E-state index contributed by atoms with van der Waals surface area (Å²) in [4.78, 5) is 0. The maximum Gasteiger partial charge on any atom is 0.0553 e. The second-order valence-electron chi connectivity index (χ2n) is 2.49. The van der Waals surface area contributed by atoms with Crippen LogP contribution in [0.5, 0.6) is 0 Å². The number of hydrogen-bond acceptors (Lipinski definition) is 0. The predicted octanol–water partition coefficient (Wildman–Crippen LogP) is -4.43. The summed E-state index contributed by atoms with van der Waals surface area (Å²) in [5.74, 6) is 0. The summed E-state index contributed by atoms with van der Waals surface area (Å²) in [7, 11) is 8.96. The van der Waals surface area contributed by atoms with Crippen molar-refractivity contribution in [1.82, 2.24) is 0 Å². The molecule has 0 nitrogen and oxygen atoms in total. The van der Waals surface area contributed by atoms with Gasteiger partial charge >= 0.3 is 0 Å². The molecule has 6 heteroatoms. The Labute approximate surface area is 44.5 Å². The van der Waals surface area contributed by atoms with Gasteiger partial charge in [0.2, 0.25) is 0 Å². The quantitative estimate of drug-likeness (QED) is 0.275. The summed E-state index contributed by atoms with van der Waals surface area (Å²) < 4.78 is 0. The van der Waals surface area contributed by atoms with E-state index in [9.17, 15) is 0 Å². The van der Waals surface area contributed by atoms with Gasteiger partial charge in [-0.2, -0.15) is 0 Å². The topological polar surface area (TPSA) is 0 Å².